The molecular weight excluding hydrogens is 162 g/mol. The molecular formula is C7H10ClN3. The third kappa shape index (κ3) is 1.89. The Kier molecular flexibility index (Phi) is 2.82. The minimum Gasteiger partial charge on any atom is -0.329 e. The van der Waals surface area contributed by atoms with Crippen molar-refractivity contribution < 1.29 is 0 Å². The lowest BCUT2D eigenvalue weighted by atomic mass is 10.1. The molecule has 1 aromatic heterocycles. The van der Waals surface area contributed by atoms with Crippen LogP contribution in [0.2, 0.25) is 5.02 Å². The summed E-state index contributed by atoms with van der Waals surface area (Å²) in [6, 6.07) is 1.59. The topological polar surface area (TPSA) is 64.9 Å². The molecule has 1 aromatic rings. The zero-order valence-corrected chi connectivity index (χ0v) is 6.75. The fourth-order valence-electron chi connectivity index (χ4n) is 0.814. The predicted molar refractivity (Wildman–Crippen MR) is 45.2 cm³/mol. The fourth-order valence-corrected chi connectivity index (χ4v) is 1.07. The lowest BCUT2D eigenvalue weighted by Crippen LogP contribution is -2.21. The van der Waals surface area contributed by atoms with Gasteiger partial charge in [0.15, 0.2) is 0 Å². The van der Waals surface area contributed by atoms with Crippen molar-refractivity contribution in [2.24, 2.45) is 11.5 Å². The number of nitrogens with two attached hydrogens (primary N) is 2. The lowest BCUT2D eigenvalue weighted by Gasteiger charge is -2.09. The molecule has 0 aliphatic carbocycles. The highest BCUT2D eigenvalue weighted by Crippen LogP contribution is 2.18. The van der Waals surface area contributed by atoms with E-state index in [-0.39, 0.29) is 6.04 Å². The molecule has 0 aliphatic heterocycles. The van der Waals surface area contributed by atoms with E-state index in [9.17, 15) is 0 Å². The highest BCUT2D eigenvalue weighted by Gasteiger charge is 2.06. The third-order valence-electron chi connectivity index (χ3n) is 1.46. The van der Waals surface area contributed by atoms with E-state index in [1.807, 2.05) is 0 Å². The van der Waals surface area contributed by atoms with Crippen LogP contribution >= 0.6 is 11.6 Å². The summed E-state index contributed by atoms with van der Waals surface area (Å²) in [6.45, 7) is 0.393. The molecule has 0 bridgehead atoms. The molecule has 1 rings (SSSR count). The predicted octanol–water partition coefficient (Wildman–Crippen LogP) is 0.693. The summed E-state index contributed by atoms with van der Waals surface area (Å²) in [7, 11) is 0. The number of rotatable bonds is 2. The minimum absolute atomic E-state index is 0.189. The molecule has 4 N–H and O–H groups in total. The van der Waals surface area contributed by atoms with Gasteiger partial charge in [-0.3, -0.25) is 4.98 Å². The molecule has 0 saturated carbocycles. The van der Waals surface area contributed by atoms with Crippen LogP contribution in [0.15, 0.2) is 18.5 Å². The van der Waals surface area contributed by atoms with Crippen LogP contribution < -0.4 is 11.5 Å². The van der Waals surface area contributed by atoms with Crippen molar-refractivity contribution in [3.05, 3.63) is 29.0 Å². The summed E-state index contributed by atoms with van der Waals surface area (Å²) in [4.78, 5) is 3.83. The van der Waals surface area contributed by atoms with Crippen molar-refractivity contribution in [2.45, 2.75) is 6.04 Å². The molecule has 0 amide bonds. The van der Waals surface area contributed by atoms with Crippen molar-refractivity contribution >= 4 is 11.6 Å². The van der Waals surface area contributed by atoms with Crippen molar-refractivity contribution in [2.75, 3.05) is 6.54 Å². The zero-order valence-electron chi connectivity index (χ0n) is 6.00. The normalized spacial score (nSPS) is 13.0. The van der Waals surface area contributed by atoms with E-state index in [1.165, 1.54) is 0 Å². The van der Waals surface area contributed by atoms with Crippen molar-refractivity contribution in [3.8, 4) is 0 Å². The van der Waals surface area contributed by atoms with E-state index >= 15 is 0 Å². The first-order valence-electron chi connectivity index (χ1n) is 3.30. The van der Waals surface area contributed by atoms with Gasteiger partial charge in [0.2, 0.25) is 0 Å². The van der Waals surface area contributed by atoms with E-state index in [2.05, 4.69) is 4.98 Å². The molecule has 1 heterocycles. The summed E-state index contributed by atoms with van der Waals surface area (Å²) in [5, 5.41) is 0.574. The molecule has 3 nitrogen and oxygen atoms in total. The first-order chi connectivity index (χ1) is 5.25. The van der Waals surface area contributed by atoms with Gasteiger partial charge < -0.3 is 11.5 Å². The number of hydrogen-bond acceptors (Lipinski definition) is 3. The van der Waals surface area contributed by atoms with Gasteiger partial charge in [-0.15, -0.1) is 0 Å². The Morgan fingerprint density at radius 1 is 1.64 bits per heavy atom. The first kappa shape index (κ1) is 8.46. The van der Waals surface area contributed by atoms with Gasteiger partial charge in [-0.1, -0.05) is 11.6 Å². The van der Waals surface area contributed by atoms with Gasteiger partial charge in [-0.2, -0.15) is 0 Å². The van der Waals surface area contributed by atoms with E-state index in [4.69, 9.17) is 23.1 Å². The quantitative estimate of drug-likeness (QED) is 0.689. The average molecular weight is 172 g/mol. The van der Waals surface area contributed by atoms with Gasteiger partial charge in [-0.05, 0) is 11.6 Å². The van der Waals surface area contributed by atoms with Gasteiger partial charge in [0.05, 0.1) is 5.02 Å². The molecule has 60 valence electrons. The maximum Gasteiger partial charge on any atom is 0.0637 e. The first-order valence-corrected chi connectivity index (χ1v) is 3.68. The second kappa shape index (κ2) is 3.67. The van der Waals surface area contributed by atoms with Crippen LogP contribution in [0.5, 0.6) is 0 Å². The maximum atomic E-state index is 5.80. The highest BCUT2D eigenvalue weighted by molar-refractivity contribution is 6.31. The van der Waals surface area contributed by atoms with Crippen LogP contribution in [0, 0.1) is 0 Å². The summed E-state index contributed by atoms with van der Waals surface area (Å²) in [6.07, 6.45) is 3.21. The summed E-state index contributed by atoms with van der Waals surface area (Å²) < 4.78 is 0. The van der Waals surface area contributed by atoms with Gasteiger partial charge >= 0.3 is 0 Å². The van der Waals surface area contributed by atoms with Crippen LogP contribution in [-0.4, -0.2) is 11.5 Å². The van der Waals surface area contributed by atoms with E-state index in [0.717, 1.165) is 5.56 Å². The molecule has 0 radical (unpaired) electrons. The summed E-state index contributed by atoms with van der Waals surface area (Å²) in [5.41, 5.74) is 11.9. The smallest absolute Gasteiger partial charge is 0.0637 e. The Balaban J connectivity index is 2.93. The van der Waals surface area contributed by atoms with Crippen molar-refractivity contribution in [1.29, 1.82) is 0 Å². The molecule has 0 aromatic carbocycles. The van der Waals surface area contributed by atoms with Gasteiger partial charge in [0.25, 0.3) is 0 Å². The Labute approximate surface area is 70.4 Å². The number of pyridine rings is 1. The molecule has 1 unspecified atom stereocenters. The highest BCUT2D eigenvalue weighted by atomic mass is 35.5. The Bertz CT molecular complexity index is 239. The number of nitrogens with zero attached hydrogens (tertiary/aromatic N) is 1. The zero-order chi connectivity index (χ0) is 8.27. The molecule has 0 aliphatic rings. The molecule has 0 saturated heterocycles. The van der Waals surface area contributed by atoms with Gasteiger partial charge in [-0.25, -0.2) is 0 Å². The standard InChI is InChI=1S/C7H10ClN3/c8-6-4-11-2-1-5(6)7(10)3-9/h1-2,4,7H,3,9-10H2. The molecule has 1 atom stereocenters. The van der Waals surface area contributed by atoms with E-state index in [1.54, 1.807) is 18.5 Å². The third-order valence-corrected chi connectivity index (χ3v) is 1.77. The van der Waals surface area contributed by atoms with Crippen molar-refractivity contribution in [3.63, 3.8) is 0 Å². The number of aromatic nitrogens is 1. The van der Waals surface area contributed by atoms with Crippen molar-refractivity contribution in [1.82, 2.24) is 4.98 Å². The maximum absolute atomic E-state index is 5.80. The van der Waals surface area contributed by atoms with Crippen LogP contribution in [0.4, 0.5) is 0 Å². The molecule has 0 spiro atoms. The second-order valence-electron chi connectivity index (χ2n) is 2.24. The Morgan fingerprint density at radius 2 is 2.36 bits per heavy atom. The Morgan fingerprint density at radius 3 is 2.91 bits per heavy atom. The number of halogens is 1. The van der Waals surface area contributed by atoms with E-state index < -0.39 is 0 Å². The average Bonchev–Trinajstić information content (AvgIpc) is 2.04. The van der Waals surface area contributed by atoms with Crippen LogP contribution in [0.25, 0.3) is 0 Å². The van der Waals surface area contributed by atoms with E-state index in [0.29, 0.717) is 11.6 Å². The Hall–Kier alpha value is -0.640. The minimum atomic E-state index is -0.189. The van der Waals surface area contributed by atoms with Crippen LogP contribution in [0.1, 0.15) is 11.6 Å². The molecule has 4 heteroatoms. The van der Waals surface area contributed by atoms with Gasteiger partial charge in [0.1, 0.15) is 0 Å². The van der Waals surface area contributed by atoms with Gasteiger partial charge in [0, 0.05) is 25.0 Å². The SMILES string of the molecule is NCC(N)c1ccncc1Cl. The summed E-state index contributed by atoms with van der Waals surface area (Å²) >= 11 is 5.80. The summed E-state index contributed by atoms with van der Waals surface area (Å²) in [5.74, 6) is 0. The molecule has 11 heavy (non-hydrogen) atoms. The number of hydrogen-bond donors (Lipinski definition) is 2. The lowest BCUT2D eigenvalue weighted by molar-refractivity contribution is 0.736. The van der Waals surface area contributed by atoms with Crippen LogP contribution in [-0.2, 0) is 0 Å². The van der Waals surface area contributed by atoms with Crippen LogP contribution in [0.3, 0.4) is 0 Å². The monoisotopic (exact) mass is 171 g/mol. The second-order valence-corrected chi connectivity index (χ2v) is 2.65. The molecule has 0 fully saturated rings. The fraction of sp³-hybridized carbons (Fsp3) is 0.286. The largest absolute Gasteiger partial charge is 0.329 e.